The molecule has 3 N–H and O–H groups in total. The average Bonchev–Trinajstić information content (AvgIpc) is 3.20. The van der Waals surface area contributed by atoms with Gasteiger partial charge in [-0.2, -0.15) is 5.26 Å². The number of aromatic nitrogens is 2. The lowest BCUT2D eigenvalue weighted by Crippen LogP contribution is -2.45. The van der Waals surface area contributed by atoms with E-state index in [2.05, 4.69) is 68.5 Å². The van der Waals surface area contributed by atoms with Gasteiger partial charge in [0.05, 0.1) is 23.6 Å². The molecule has 3 aromatic rings. The molecule has 1 unspecified atom stereocenters. The number of aryl methyl sites for hydroxylation is 1. The summed E-state index contributed by atoms with van der Waals surface area (Å²) in [7, 11) is -1.93. The van der Waals surface area contributed by atoms with E-state index in [1.165, 1.54) is 0 Å². The van der Waals surface area contributed by atoms with Crippen LogP contribution in [0.5, 0.6) is 0 Å². The number of benzene rings is 2. The van der Waals surface area contributed by atoms with Gasteiger partial charge in [0.15, 0.2) is 8.32 Å². The van der Waals surface area contributed by atoms with Gasteiger partial charge in [0.25, 0.3) is 0 Å². The third kappa shape index (κ3) is 5.40. The fourth-order valence-electron chi connectivity index (χ4n) is 4.21. The second-order valence-electron chi connectivity index (χ2n) is 11.7. The molecule has 1 atom stereocenters. The Hall–Kier alpha value is -3.25. The summed E-state index contributed by atoms with van der Waals surface area (Å²) >= 11 is 0. The molecule has 4 rings (SSSR count). The molecule has 2 heterocycles. The van der Waals surface area contributed by atoms with E-state index in [9.17, 15) is 10.4 Å². The minimum atomic E-state index is -1.93. The summed E-state index contributed by atoms with van der Waals surface area (Å²) < 4.78 is 6.63. The van der Waals surface area contributed by atoms with Crippen LogP contribution in [-0.4, -0.2) is 36.5 Å². The second-order valence-corrected chi connectivity index (χ2v) is 16.5. The smallest absolute Gasteiger partial charge is 0.227 e. The quantitative estimate of drug-likeness (QED) is 0.319. The van der Waals surface area contributed by atoms with E-state index in [4.69, 9.17) is 9.41 Å². The molecule has 2 aromatic carbocycles. The minimum absolute atomic E-state index is 0.0339. The van der Waals surface area contributed by atoms with Crippen LogP contribution in [0.2, 0.25) is 18.1 Å². The first kappa shape index (κ1) is 26.8. The summed E-state index contributed by atoms with van der Waals surface area (Å²) in [6.45, 7) is 16.7. The zero-order chi connectivity index (χ0) is 27.0. The molecule has 1 aromatic heterocycles. The highest BCUT2D eigenvalue weighted by molar-refractivity contribution is 6.74. The van der Waals surface area contributed by atoms with Crippen molar-refractivity contribution < 1.29 is 9.53 Å². The van der Waals surface area contributed by atoms with Gasteiger partial charge in [-0.1, -0.05) is 39.8 Å². The molecule has 1 aliphatic rings. The average molecular weight is 516 g/mol. The first-order chi connectivity index (χ1) is 17.4. The van der Waals surface area contributed by atoms with E-state index in [-0.39, 0.29) is 17.1 Å². The highest BCUT2D eigenvalue weighted by atomic mass is 28.4. The van der Waals surface area contributed by atoms with E-state index in [0.29, 0.717) is 24.7 Å². The Balaban J connectivity index is 1.68. The molecule has 0 bridgehead atoms. The Morgan fingerprint density at radius 2 is 1.97 bits per heavy atom. The van der Waals surface area contributed by atoms with E-state index in [1.54, 1.807) is 6.20 Å². The lowest BCUT2D eigenvalue weighted by Gasteiger charge is -2.39. The van der Waals surface area contributed by atoms with Crippen molar-refractivity contribution >= 4 is 25.6 Å². The van der Waals surface area contributed by atoms with Gasteiger partial charge in [-0.15, -0.1) is 0 Å². The molecule has 0 aliphatic carbocycles. The van der Waals surface area contributed by atoms with Gasteiger partial charge >= 0.3 is 0 Å². The Labute approximate surface area is 221 Å². The number of nitriles is 1. The van der Waals surface area contributed by atoms with Crippen molar-refractivity contribution in [3.05, 3.63) is 64.8 Å². The van der Waals surface area contributed by atoms with E-state index in [1.807, 2.05) is 37.3 Å². The number of fused-ring (bicyclic) bond motifs is 1. The fraction of sp³-hybridized carbons (Fsp3) is 0.414. The van der Waals surface area contributed by atoms with Gasteiger partial charge < -0.3 is 20.2 Å². The van der Waals surface area contributed by atoms with Crippen molar-refractivity contribution in [2.24, 2.45) is 0 Å². The zero-order valence-electron chi connectivity index (χ0n) is 22.9. The van der Waals surface area contributed by atoms with E-state index >= 15 is 0 Å². The van der Waals surface area contributed by atoms with Crippen LogP contribution in [0.3, 0.4) is 0 Å². The van der Waals surface area contributed by atoms with Crippen molar-refractivity contribution in [1.82, 2.24) is 9.97 Å². The molecular formula is C29H37N5O2Si. The van der Waals surface area contributed by atoms with Crippen LogP contribution in [0.25, 0.3) is 11.3 Å². The summed E-state index contributed by atoms with van der Waals surface area (Å²) in [5.41, 5.74) is 6.58. The standard InChI is InChI=1S/C29H37N5O2Si/c1-19-8-9-20(16-35)12-25(19)34-27-31-11-10-24(33-27)21-13-22(15-30)26-23(14-21)29(5,17-32-26)18-36-37(6,7)28(2,3)4/h8-14,32,35H,16-18H2,1-7H3,(H,31,33,34). The Morgan fingerprint density at radius 3 is 2.65 bits per heavy atom. The molecule has 37 heavy (non-hydrogen) atoms. The van der Waals surface area contributed by atoms with Gasteiger partial charge in [-0.25, -0.2) is 9.97 Å². The zero-order valence-corrected chi connectivity index (χ0v) is 23.9. The molecule has 0 spiro atoms. The maximum Gasteiger partial charge on any atom is 0.227 e. The molecule has 0 fully saturated rings. The number of nitrogens with one attached hydrogen (secondary N) is 2. The first-order valence-corrected chi connectivity index (χ1v) is 15.5. The van der Waals surface area contributed by atoms with Crippen LogP contribution in [0.1, 0.15) is 49.9 Å². The van der Waals surface area contributed by atoms with Crippen LogP contribution in [0.15, 0.2) is 42.6 Å². The topological polar surface area (TPSA) is 103 Å². The molecule has 8 heteroatoms. The van der Waals surface area contributed by atoms with Crippen LogP contribution in [0, 0.1) is 18.3 Å². The molecule has 0 radical (unpaired) electrons. The summed E-state index contributed by atoms with van der Waals surface area (Å²) in [4.78, 5) is 9.16. The van der Waals surface area contributed by atoms with Crippen molar-refractivity contribution in [3.8, 4) is 17.3 Å². The third-order valence-corrected chi connectivity index (χ3v) is 12.3. The summed E-state index contributed by atoms with van der Waals surface area (Å²) in [6, 6.07) is 14.0. The molecule has 1 aliphatic heterocycles. The fourth-order valence-corrected chi connectivity index (χ4v) is 5.32. The maximum atomic E-state index is 9.96. The van der Waals surface area contributed by atoms with Crippen LogP contribution in [0.4, 0.5) is 17.3 Å². The van der Waals surface area contributed by atoms with Crippen molar-refractivity contribution in [2.45, 2.75) is 64.8 Å². The molecule has 0 saturated heterocycles. The second kappa shape index (κ2) is 9.90. The Morgan fingerprint density at radius 1 is 1.22 bits per heavy atom. The minimum Gasteiger partial charge on any atom is -0.416 e. The van der Waals surface area contributed by atoms with Gasteiger partial charge in [-0.3, -0.25) is 0 Å². The predicted octanol–water partition coefficient (Wildman–Crippen LogP) is 6.26. The van der Waals surface area contributed by atoms with Crippen LogP contribution < -0.4 is 10.6 Å². The lowest BCUT2D eigenvalue weighted by molar-refractivity contribution is 0.220. The summed E-state index contributed by atoms with van der Waals surface area (Å²) in [5.74, 6) is 0.455. The largest absolute Gasteiger partial charge is 0.416 e. The van der Waals surface area contributed by atoms with Gasteiger partial charge in [-0.05, 0) is 66.0 Å². The molecule has 0 amide bonds. The number of aliphatic hydroxyl groups excluding tert-OH is 1. The number of rotatable bonds is 7. The van der Waals surface area contributed by atoms with Gasteiger partial charge in [0.2, 0.25) is 5.95 Å². The van der Waals surface area contributed by atoms with E-state index in [0.717, 1.165) is 39.3 Å². The highest BCUT2D eigenvalue weighted by Gasteiger charge is 2.42. The van der Waals surface area contributed by atoms with Crippen molar-refractivity contribution in [3.63, 3.8) is 0 Å². The van der Waals surface area contributed by atoms with Crippen molar-refractivity contribution in [2.75, 3.05) is 23.8 Å². The number of nitrogens with zero attached hydrogens (tertiary/aromatic N) is 3. The molecule has 194 valence electrons. The third-order valence-electron chi connectivity index (χ3n) is 7.80. The SMILES string of the molecule is Cc1ccc(CO)cc1Nc1nccc(-c2cc(C#N)c3c(c2)C(C)(CO[Si](C)(C)C(C)(C)C)CN3)n1. The summed E-state index contributed by atoms with van der Waals surface area (Å²) in [6.07, 6.45) is 1.72. The molecule has 0 saturated carbocycles. The number of hydrogen-bond donors (Lipinski definition) is 3. The van der Waals surface area contributed by atoms with Crippen LogP contribution in [-0.2, 0) is 16.4 Å². The predicted molar refractivity (Wildman–Crippen MR) is 152 cm³/mol. The number of anilines is 3. The van der Waals surface area contributed by atoms with Gasteiger partial charge in [0, 0.05) is 36.0 Å². The molecular weight excluding hydrogens is 478 g/mol. The Kier molecular flexibility index (Phi) is 7.17. The molecule has 7 nitrogen and oxygen atoms in total. The first-order valence-electron chi connectivity index (χ1n) is 12.6. The lowest BCUT2D eigenvalue weighted by atomic mass is 9.83. The highest BCUT2D eigenvalue weighted by Crippen LogP contribution is 2.44. The van der Waals surface area contributed by atoms with Crippen molar-refractivity contribution in [1.29, 1.82) is 5.26 Å². The number of hydrogen-bond acceptors (Lipinski definition) is 7. The van der Waals surface area contributed by atoms with Crippen LogP contribution >= 0.6 is 0 Å². The normalized spacial score (nSPS) is 17.2. The van der Waals surface area contributed by atoms with Gasteiger partial charge in [0.1, 0.15) is 6.07 Å². The number of aliphatic hydroxyl groups is 1. The Bertz CT molecular complexity index is 1360. The monoisotopic (exact) mass is 515 g/mol. The summed E-state index contributed by atoms with van der Waals surface area (Å²) in [5, 5.41) is 26.3. The maximum absolute atomic E-state index is 9.96. The van der Waals surface area contributed by atoms with E-state index < -0.39 is 8.32 Å².